The van der Waals surface area contributed by atoms with Crippen molar-refractivity contribution in [2.24, 2.45) is 0 Å². The molecule has 1 rings (SSSR count). The van der Waals surface area contributed by atoms with Crippen molar-refractivity contribution in [1.82, 2.24) is 0 Å². The molecule has 0 aromatic heterocycles. The van der Waals surface area contributed by atoms with Crippen molar-refractivity contribution in [3.05, 3.63) is 36.8 Å². The molecule has 0 aliphatic heterocycles. The maximum absolute atomic E-state index is 3.95. The van der Waals surface area contributed by atoms with Crippen LogP contribution in [-0.4, -0.2) is 13.1 Å². The Morgan fingerprint density at radius 1 is 1.13 bits per heavy atom. The van der Waals surface area contributed by atoms with Crippen LogP contribution in [-0.2, 0) is 39.1 Å². The molecule has 2 heteroatoms. The average molecular weight is 279 g/mol. The predicted molar refractivity (Wildman–Crippen MR) is 63.7 cm³/mol. The van der Waals surface area contributed by atoms with Gasteiger partial charge in [0.2, 0.25) is 0 Å². The summed E-state index contributed by atoms with van der Waals surface area (Å²) in [5, 5.41) is 0. The summed E-state index contributed by atoms with van der Waals surface area (Å²) < 4.78 is 0. The molecule has 1 radical (unpaired) electrons. The molecule has 0 saturated heterocycles. The van der Waals surface area contributed by atoms with Crippen LogP contribution in [0.25, 0.3) is 0 Å². The van der Waals surface area contributed by atoms with Crippen molar-refractivity contribution >= 4 is 5.69 Å². The fourth-order valence-electron chi connectivity index (χ4n) is 1.58. The van der Waals surface area contributed by atoms with Crippen LogP contribution in [0.4, 0.5) is 5.69 Å². The van der Waals surface area contributed by atoms with Gasteiger partial charge in [-0.3, -0.25) is 0 Å². The van der Waals surface area contributed by atoms with Crippen LogP contribution in [0.5, 0.6) is 0 Å². The first-order valence-electron chi connectivity index (χ1n) is 5.45. The van der Waals surface area contributed by atoms with Crippen LogP contribution in [0.1, 0.15) is 25.8 Å². The fraction of sp³-hybridized carbons (Fsp3) is 0.462. The van der Waals surface area contributed by atoms with Crippen LogP contribution in [0, 0.1) is 6.92 Å². The second-order valence-electron chi connectivity index (χ2n) is 3.51. The van der Waals surface area contributed by atoms with Crippen molar-refractivity contribution in [2.75, 3.05) is 18.0 Å². The van der Waals surface area contributed by atoms with E-state index in [0.717, 1.165) is 19.5 Å². The molecule has 1 nitrogen and oxygen atoms in total. The normalized spacial score (nSPS) is 9.53. The molecule has 0 atom stereocenters. The number of hydrogen-bond acceptors (Lipinski definition) is 1. The zero-order valence-corrected chi connectivity index (χ0v) is 12.7. The van der Waals surface area contributed by atoms with Crippen molar-refractivity contribution < 1.29 is 32.7 Å². The molecule has 0 aliphatic rings. The summed E-state index contributed by atoms with van der Waals surface area (Å²) in [5.41, 5.74) is 2.69. The largest absolute Gasteiger partial charge is 0.402 e. The fourth-order valence-corrected chi connectivity index (χ4v) is 1.58. The Kier molecular flexibility index (Phi) is 8.36. The molecule has 0 N–H and O–H groups in total. The monoisotopic (exact) mass is 279 g/mol. The Bertz CT molecular complexity index is 256. The minimum atomic E-state index is 0. The first kappa shape index (κ1) is 15.1. The predicted octanol–water partition coefficient (Wildman–Crippen LogP) is 3.30. The van der Waals surface area contributed by atoms with E-state index in [1.165, 1.54) is 17.7 Å². The SMILES string of the molecule is [CH2-]CN(CCC)c1ccc(CC)cc1.[Y]. The minimum absolute atomic E-state index is 0. The summed E-state index contributed by atoms with van der Waals surface area (Å²) >= 11 is 0. The molecule has 81 valence electrons. The van der Waals surface area contributed by atoms with Gasteiger partial charge in [0.25, 0.3) is 0 Å². The summed E-state index contributed by atoms with van der Waals surface area (Å²) in [5.74, 6) is 0. The van der Waals surface area contributed by atoms with E-state index in [0.29, 0.717) is 0 Å². The van der Waals surface area contributed by atoms with Gasteiger partial charge < -0.3 is 11.8 Å². The van der Waals surface area contributed by atoms with Gasteiger partial charge in [0, 0.05) is 44.9 Å². The smallest absolute Gasteiger partial charge is 0.0341 e. The van der Waals surface area contributed by atoms with E-state index >= 15 is 0 Å². The number of aryl methyl sites for hydroxylation is 1. The van der Waals surface area contributed by atoms with Gasteiger partial charge in [-0.2, -0.15) is 0 Å². The second-order valence-corrected chi connectivity index (χ2v) is 3.51. The molecule has 1 aromatic rings. The zero-order valence-electron chi connectivity index (χ0n) is 9.87. The Labute approximate surface area is 119 Å². The van der Waals surface area contributed by atoms with Crippen LogP contribution in [0.15, 0.2) is 24.3 Å². The number of hydrogen-bond donors (Lipinski definition) is 0. The minimum Gasteiger partial charge on any atom is -0.402 e. The Hall–Kier alpha value is 0.124. The van der Waals surface area contributed by atoms with Gasteiger partial charge in [-0.05, 0) is 30.5 Å². The van der Waals surface area contributed by atoms with E-state index in [-0.39, 0.29) is 32.7 Å². The first-order chi connectivity index (χ1) is 6.81. The number of benzene rings is 1. The molecule has 0 amide bonds. The van der Waals surface area contributed by atoms with E-state index in [2.05, 4.69) is 49.9 Å². The molecule has 0 spiro atoms. The standard InChI is InChI=1S/C13H20N.Y/c1-4-11-14(6-3)13-9-7-12(5-2)8-10-13;/h7-10H,3-6,11H2,1-2H3;/q-1;. The van der Waals surface area contributed by atoms with Gasteiger partial charge in [0.05, 0.1) is 0 Å². The van der Waals surface area contributed by atoms with Crippen LogP contribution in [0.2, 0.25) is 0 Å². The molecule has 15 heavy (non-hydrogen) atoms. The molecule has 0 bridgehead atoms. The van der Waals surface area contributed by atoms with Gasteiger partial charge in [-0.15, -0.1) is 6.54 Å². The van der Waals surface area contributed by atoms with E-state index < -0.39 is 0 Å². The van der Waals surface area contributed by atoms with Crippen LogP contribution in [0.3, 0.4) is 0 Å². The summed E-state index contributed by atoms with van der Waals surface area (Å²) in [6, 6.07) is 8.79. The topological polar surface area (TPSA) is 3.24 Å². The van der Waals surface area contributed by atoms with Gasteiger partial charge in [-0.25, -0.2) is 0 Å². The van der Waals surface area contributed by atoms with E-state index in [1.54, 1.807) is 0 Å². The van der Waals surface area contributed by atoms with Crippen molar-refractivity contribution in [2.45, 2.75) is 26.7 Å². The molecule has 1 aromatic carbocycles. The van der Waals surface area contributed by atoms with Gasteiger partial charge in [0.1, 0.15) is 0 Å². The maximum Gasteiger partial charge on any atom is 0.0341 e. The molecule has 0 aliphatic carbocycles. The van der Waals surface area contributed by atoms with E-state index in [1.807, 2.05) is 0 Å². The number of nitrogens with zero attached hydrogens (tertiary/aromatic N) is 1. The maximum atomic E-state index is 3.95. The van der Waals surface area contributed by atoms with Crippen LogP contribution < -0.4 is 4.90 Å². The van der Waals surface area contributed by atoms with Crippen molar-refractivity contribution in [3.8, 4) is 0 Å². The van der Waals surface area contributed by atoms with Crippen molar-refractivity contribution in [3.63, 3.8) is 0 Å². The molecule has 0 unspecified atom stereocenters. The van der Waals surface area contributed by atoms with Gasteiger partial charge >= 0.3 is 0 Å². The second kappa shape index (κ2) is 8.30. The van der Waals surface area contributed by atoms with Gasteiger partial charge in [0.15, 0.2) is 0 Å². The van der Waals surface area contributed by atoms with Crippen LogP contribution >= 0.6 is 0 Å². The third-order valence-electron chi connectivity index (χ3n) is 2.47. The summed E-state index contributed by atoms with van der Waals surface area (Å²) in [4.78, 5) is 2.31. The molecule has 0 fully saturated rings. The van der Waals surface area contributed by atoms with E-state index in [4.69, 9.17) is 0 Å². The van der Waals surface area contributed by atoms with Gasteiger partial charge in [-0.1, -0.05) is 26.0 Å². The quantitative estimate of drug-likeness (QED) is 0.747. The third-order valence-corrected chi connectivity index (χ3v) is 2.47. The summed E-state index contributed by atoms with van der Waals surface area (Å²) in [6.45, 7) is 10.3. The number of anilines is 1. The molecule has 0 saturated carbocycles. The third kappa shape index (κ3) is 4.65. The Morgan fingerprint density at radius 3 is 2.13 bits per heavy atom. The summed E-state index contributed by atoms with van der Waals surface area (Å²) in [7, 11) is 0. The molecule has 0 heterocycles. The Morgan fingerprint density at radius 2 is 1.73 bits per heavy atom. The number of rotatable bonds is 5. The first-order valence-corrected chi connectivity index (χ1v) is 5.45. The summed E-state index contributed by atoms with van der Waals surface area (Å²) in [6.07, 6.45) is 2.28. The Balaban J connectivity index is 0.00000196. The zero-order chi connectivity index (χ0) is 10.4. The van der Waals surface area contributed by atoms with E-state index in [9.17, 15) is 0 Å². The van der Waals surface area contributed by atoms with Crippen molar-refractivity contribution in [1.29, 1.82) is 0 Å². The molecular weight excluding hydrogens is 259 g/mol. The average Bonchev–Trinajstić information content (AvgIpc) is 2.26. The molecular formula is C13H20NY-.